The van der Waals surface area contributed by atoms with E-state index in [0.717, 1.165) is 30.5 Å². The number of benzene rings is 1. The first-order valence-corrected chi connectivity index (χ1v) is 5.82. The molecule has 0 atom stereocenters. The summed E-state index contributed by atoms with van der Waals surface area (Å²) in [7, 11) is 0. The summed E-state index contributed by atoms with van der Waals surface area (Å²) < 4.78 is 0. The highest BCUT2D eigenvalue weighted by Gasteiger charge is 2.03. The minimum Gasteiger partial charge on any atom is -0.394 e. The van der Waals surface area contributed by atoms with Crippen LogP contribution < -0.4 is 5.73 Å². The highest BCUT2D eigenvalue weighted by atomic mass is 16.6. The molecule has 0 fully saturated rings. The Morgan fingerprint density at radius 2 is 2.06 bits per heavy atom. The molecule has 0 aliphatic rings. The van der Waals surface area contributed by atoms with Gasteiger partial charge in [-0.1, -0.05) is 48.8 Å². The van der Waals surface area contributed by atoms with Crippen LogP contribution in [-0.2, 0) is 4.84 Å². The van der Waals surface area contributed by atoms with E-state index in [1.807, 2.05) is 18.2 Å². The van der Waals surface area contributed by atoms with Gasteiger partial charge in [0, 0.05) is 6.54 Å². The highest BCUT2D eigenvalue weighted by molar-refractivity contribution is 6.00. The Labute approximate surface area is 97.3 Å². The third-order valence-electron chi connectivity index (χ3n) is 2.26. The molecule has 0 aliphatic carbocycles. The summed E-state index contributed by atoms with van der Waals surface area (Å²) in [6, 6.07) is 10.1. The van der Waals surface area contributed by atoms with Crippen LogP contribution in [0.5, 0.6) is 0 Å². The lowest BCUT2D eigenvalue weighted by Crippen LogP contribution is -2.08. The number of unbranched alkanes of at least 4 members (excludes halogenated alkanes) is 1. The number of oxime groups is 1. The van der Waals surface area contributed by atoms with Gasteiger partial charge in [0.25, 0.3) is 0 Å². The Balaban J connectivity index is 2.67. The zero-order valence-corrected chi connectivity index (χ0v) is 9.86. The molecule has 0 spiro atoms. The summed E-state index contributed by atoms with van der Waals surface area (Å²) in [6.45, 7) is 3.14. The van der Waals surface area contributed by atoms with Crippen molar-refractivity contribution < 1.29 is 4.84 Å². The maximum atomic E-state index is 5.36. The Bertz CT molecular complexity index is 309. The quantitative estimate of drug-likeness (QED) is 0.436. The van der Waals surface area contributed by atoms with Crippen LogP contribution in [0, 0.1) is 0 Å². The third-order valence-corrected chi connectivity index (χ3v) is 2.26. The van der Waals surface area contributed by atoms with Crippen molar-refractivity contribution in [2.75, 3.05) is 13.2 Å². The molecule has 1 rings (SSSR count). The molecule has 0 radical (unpaired) electrons. The monoisotopic (exact) mass is 220 g/mol. The summed E-state index contributed by atoms with van der Waals surface area (Å²) in [5.74, 6) is 0. The summed E-state index contributed by atoms with van der Waals surface area (Å²) in [5, 5.41) is 4.16. The summed E-state index contributed by atoms with van der Waals surface area (Å²) in [5.41, 5.74) is 7.50. The van der Waals surface area contributed by atoms with Crippen LogP contribution in [0.2, 0.25) is 0 Å². The first-order chi connectivity index (χ1) is 7.88. The average molecular weight is 220 g/mol. The van der Waals surface area contributed by atoms with Crippen molar-refractivity contribution in [3.05, 3.63) is 35.9 Å². The van der Waals surface area contributed by atoms with E-state index in [9.17, 15) is 0 Å². The second-order valence-corrected chi connectivity index (χ2v) is 3.63. The van der Waals surface area contributed by atoms with E-state index in [2.05, 4.69) is 24.2 Å². The first-order valence-electron chi connectivity index (χ1n) is 5.82. The molecular formula is C13H20N2O. The fourth-order valence-electron chi connectivity index (χ4n) is 1.39. The van der Waals surface area contributed by atoms with E-state index < -0.39 is 0 Å². The van der Waals surface area contributed by atoms with Gasteiger partial charge < -0.3 is 10.6 Å². The molecular weight excluding hydrogens is 200 g/mol. The lowest BCUT2D eigenvalue weighted by molar-refractivity contribution is 0.152. The predicted molar refractivity (Wildman–Crippen MR) is 67.5 cm³/mol. The summed E-state index contributed by atoms with van der Waals surface area (Å²) in [4.78, 5) is 5.16. The number of rotatable bonds is 7. The highest BCUT2D eigenvalue weighted by Crippen LogP contribution is 2.08. The third kappa shape index (κ3) is 4.45. The van der Waals surface area contributed by atoms with Gasteiger partial charge in [-0.25, -0.2) is 0 Å². The smallest absolute Gasteiger partial charge is 0.129 e. The molecule has 0 bridgehead atoms. The second-order valence-electron chi connectivity index (χ2n) is 3.63. The predicted octanol–water partition coefficient (Wildman–Crippen LogP) is 2.56. The van der Waals surface area contributed by atoms with Crippen LogP contribution in [-0.4, -0.2) is 18.9 Å². The Morgan fingerprint density at radius 3 is 2.69 bits per heavy atom. The molecule has 88 valence electrons. The van der Waals surface area contributed by atoms with Crippen molar-refractivity contribution in [1.82, 2.24) is 0 Å². The van der Waals surface area contributed by atoms with Gasteiger partial charge in [-0.3, -0.25) is 0 Å². The maximum absolute atomic E-state index is 5.36. The van der Waals surface area contributed by atoms with Gasteiger partial charge in [-0.15, -0.1) is 0 Å². The summed E-state index contributed by atoms with van der Waals surface area (Å²) in [6.07, 6.45) is 3.23. The molecule has 3 heteroatoms. The SMILES string of the molecule is CCCC/C(=N\OCCN)c1ccccc1. The van der Waals surface area contributed by atoms with Crippen LogP contribution >= 0.6 is 0 Å². The zero-order valence-electron chi connectivity index (χ0n) is 9.86. The van der Waals surface area contributed by atoms with Gasteiger partial charge in [-0.2, -0.15) is 0 Å². The molecule has 2 N–H and O–H groups in total. The standard InChI is InChI=1S/C13H20N2O/c1-2-3-9-13(15-16-11-10-14)12-7-5-4-6-8-12/h4-8H,2-3,9-11,14H2,1H3/b15-13+. The maximum Gasteiger partial charge on any atom is 0.129 e. The fraction of sp³-hybridized carbons (Fsp3) is 0.462. The minimum absolute atomic E-state index is 0.475. The van der Waals surface area contributed by atoms with E-state index in [4.69, 9.17) is 10.6 Å². The lowest BCUT2D eigenvalue weighted by Gasteiger charge is -2.05. The van der Waals surface area contributed by atoms with Crippen LogP contribution in [0.3, 0.4) is 0 Å². The normalized spacial score (nSPS) is 11.5. The van der Waals surface area contributed by atoms with E-state index >= 15 is 0 Å². The van der Waals surface area contributed by atoms with E-state index in [0.29, 0.717) is 13.2 Å². The van der Waals surface area contributed by atoms with Crippen molar-refractivity contribution >= 4 is 5.71 Å². The topological polar surface area (TPSA) is 47.6 Å². The first kappa shape index (κ1) is 12.7. The molecule has 3 nitrogen and oxygen atoms in total. The van der Waals surface area contributed by atoms with Crippen LogP contribution in [0.15, 0.2) is 35.5 Å². The molecule has 1 aromatic rings. The molecule has 16 heavy (non-hydrogen) atoms. The molecule has 0 heterocycles. The number of hydrogen-bond acceptors (Lipinski definition) is 3. The zero-order chi connectivity index (χ0) is 11.6. The van der Waals surface area contributed by atoms with Crippen molar-refractivity contribution in [2.24, 2.45) is 10.9 Å². The van der Waals surface area contributed by atoms with Gasteiger partial charge in [0.1, 0.15) is 6.61 Å². The molecule has 0 unspecified atom stereocenters. The van der Waals surface area contributed by atoms with E-state index in [-0.39, 0.29) is 0 Å². The van der Waals surface area contributed by atoms with Crippen molar-refractivity contribution in [1.29, 1.82) is 0 Å². The molecule has 0 saturated heterocycles. The van der Waals surface area contributed by atoms with Crippen molar-refractivity contribution in [3.8, 4) is 0 Å². The largest absolute Gasteiger partial charge is 0.394 e. The Morgan fingerprint density at radius 1 is 1.31 bits per heavy atom. The lowest BCUT2D eigenvalue weighted by atomic mass is 10.1. The van der Waals surface area contributed by atoms with Crippen LogP contribution in [0.4, 0.5) is 0 Å². The van der Waals surface area contributed by atoms with Gasteiger partial charge in [-0.05, 0) is 18.4 Å². The molecule has 0 saturated carbocycles. The summed E-state index contributed by atoms with van der Waals surface area (Å²) >= 11 is 0. The van der Waals surface area contributed by atoms with Crippen molar-refractivity contribution in [3.63, 3.8) is 0 Å². The van der Waals surface area contributed by atoms with Gasteiger partial charge >= 0.3 is 0 Å². The average Bonchev–Trinajstić information content (AvgIpc) is 2.35. The van der Waals surface area contributed by atoms with Crippen LogP contribution in [0.1, 0.15) is 31.7 Å². The van der Waals surface area contributed by atoms with Gasteiger partial charge in [0.15, 0.2) is 0 Å². The number of nitrogens with two attached hydrogens (primary N) is 1. The Kier molecular flexibility index (Phi) is 6.26. The van der Waals surface area contributed by atoms with Crippen LogP contribution in [0.25, 0.3) is 0 Å². The molecule has 1 aromatic carbocycles. The number of hydrogen-bond donors (Lipinski definition) is 1. The minimum atomic E-state index is 0.475. The Hall–Kier alpha value is -1.35. The van der Waals surface area contributed by atoms with Gasteiger partial charge in [0.2, 0.25) is 0 Å². The fourth-order valence-corrected chi connectivity index (χ4v) is 1.39. The van der Waals surface area contributed by atoms with E-state index in [1.165, 1.54) is 0 Å². The molecule has 0 aromatic heterocycles. The van der Waals surface area contributed by atoms with Crippen molar-refractivity contribution in [2.45, 2.75) is 26.2 Å². The van der Waals surface area contributed by atoms with Gasteiger partial charge in [0.05, 0.1) is 5.71 Å². The molecule has 0 amide bonds. The second kappa shape index (κ2) is 7.88. The van der Waals surface area contributed by atoms with E-state index in [1.54, 1.807) is 0 Å². The molecule has 0 aliphatic heterocycles. The number of nitrogens with zero attached hydrogens (tertiary/aromatic N) is 1.